The first-order chi connectivity index (χ1) is 6.09. The van der Waals surface area contributed by atoms with Crippen LogP contribution in [0.4, 0.5) is 14.5 Å². The molecule has 0 saturated heterocycles. The number of hydrogen-bond acceptors (Lipinski definition) is 1. The van der Waals surface area contributed by atoms with Crippen LogP contribution in [0.1, 0.15) is 18.9 Å². The highest BCUT2D eigenvalue weighted by Crippen LogP contribution is 2.20. The Kier molecular flexibility index (Phi) is 2.95. The SMILES string of the molecule is CC(=O)Nc1ccc(C(F)F)cc1. The van der Waals surface area contributed by atoms with Crippen molar-refractivity contribution in [1.82, 2.24) is 0 Å². The summed E-state index contributed by atoms with van der Waals surface area (Å²) in [6.07, 6.45) is -2.47. The second kappa shape index (κ2) is 3.98. The summed E-state index contributed by atoms with van der Waals surface area (Å²) in [4.78, 5) is 10.6. The predicted octanol–water partition coefficient (Wildman–Crippen LogP) is 2.58. The van der Waals surface area contributed by atoms with Crippen LogP contribution >= 0.6 is 0 Å². The molecule has 0 unspecified atom stereocenters. The summed E-state index contributed by atoms with van der Waals surface area (Å²) in [5, 5.41) is 2.49. The highest BCUT2D eigenvalue weighted by atomic mass is 19.3. The molecule has 0 aliphatic carbocycles. The van der Waals surface area contributed by atoms with Crippen LogP contribution in [0, 0.1) is 0 Å². The standard InChI is InChI=1S/C9H9F2NO/c1-6(13)12-8-4-2-7(3-5-8)9(10)11/h2-5,9H,1H3,(H,12,13). The Morgan fingerprint density at radius 3 is 2.23 bits per heavy atom. The van der Waals surface area contributed by atoms with Crippen LogP contribution in [-0.4, -0.2) is 5.91 Å². The normalized spacial score (nSPS) is 10.2. The molecule has 70 valence electrons. The summed E-state index contributed by atoms with van der Waals surface area (Å²) in [7, 11) is 0. The summed E-state index contributed by atoms with van der Waals surface area (Å²) in [5.74, 6) is -0.218. The Labute approximate surface area is 74.6 Å². The molecule has 0 atom stereocenters. The molecule has 1 amide bonds. The number of nitrogens with one attached hydrogen (secondary N) is 1. The van der Waals surface area contributed by atoms with Gasteiger partial charge >= 0.3 is 0 Å². The van der Waals surface area contributed by atoms with Crippen LogP contribution in [0.2, 0.25) is 0 Å². The lowest BCUT2D eigenvalue weighted by Gasteiger charge is -2.03. The summed E-state index contributed by atoms with van der Waals surface area (Å²) in [6, 6.07) is 5.47. The number of carbonyl (C=O) groups is 1. The van der Waals surface area contributed by atoms with Crippen LogP contribution in [-0.2, 0) is 4.79 Å². The third kappa shape index (κ3) is 2.82. The van der Waals surface area contributed by atoms with E-state index in [4.69, 9.17) is 0 Å². The number of alkyl halides is 2. The maximum absolute atomic E-state index is 12.1. The Balaban J connectivity index is 2.75. The van der Waals surface area contributed by atoms with E-state index in [2.05, 4.69) is 5.32 Å². The number of hydrogen-bond donors (Lipinski definition) is 1. The minimum Gasteiger partial charge on any atom is -0.326 e. The van der Waals surface area contributed by atoms with E-state index in [9.17, 15) is 13.6 Å². The largest absolute Gasteiger partial charge is 0.326 e. The molecule has 0 bridgehead atoms. The first-order valence-corrected chi connectivity index (χ1v) is 3.75. The van der Waals surface area contributed by atoms with Crippen LogP contribution in [0.5, 0.6) is 0 Å². The number of carbonyl (C=O) groups excluding carboxylic acids is 1. The minimum absolute atomic E-state index is 0.0471. The molecule has 1 aromatic carbocycles. The summed E-state index contributed by atoms with van der Waals surface area (Å²) >= 11 is 0. The predicted molar refractivity (Wildman–Crippen MR) is 45.7 cm³/mol. The van der Waals surface area contributed by atoms with E-state index in [1.165, 1.54) is 31.2 Å². The fourth-order valence-electron chi connectivity index (χ4n) is 0.915. The molecule has 1 N–H and O–H groups in total. The topological polar surface area (TPSA) is 29.1 Å². The van der Waals surface area contributed by atoms with Crippen molar-refractivity contribution in [2.75, 3.05) is 5.32 Å². The Bertz CT molecular complexity index is 295. The molecule has 0 heterocycles. The lowest BCUT2D eigenvalue weighted by atomic mass is 10.2. The molecule has 13 heavy (non-hydrogen) atoms. The van der Waals surface area contributed by atoms with Crippen LogP contribution in [0.25, 0.3) is 0 Å². The quantitative estimate of drug-likeness (QED) is 0.753. The molecule has 2 nitrogen and oxygen atoms in total. The molecule has 0 aromatic heterocycles. The van der Waals surface area contributed by atoms with Gasteiger partial charge in [0.05, 0.1) is 0 Å². The van der Waals surface area contributed by atoms with Gasteiger partial charge in [0.2, 0.25) is 5.91 Å². The summed E-state index contributed by atoms with van der Waals surface area (Å²) < 4.78 is 24.1. The zero-order valence-electron chi connectivity index (χ0n) is 7.05. The van der Waals surface area contributed by atoms with Gasteiger partial charge in [-0.2, -0.15) is 0 Å². The maximum Gasteiger partial charge on any atom is 0.263 e. The van der Waals surface area contributed by atoms with Crippen LogP contribution < -0.4 is 5.32 Å². The van der Waals surface area contributed by atoms with E-state index >= 15 is 0 Å². The first kappa shape index (κ1) is 9.64. The van der Waals surface area contributed by atoms with Gasteiger partial charge in [-0.05, 0) is 12.1 Å². The van der Waals surface area contributed by atoms with Gasteiger partial charge in [-0.25, -0.2) is 8.78 Å². The number of amides is 1. The van der Waals surface area contributed by atoms with Gasteiger partial charge in [0.1, 0.15) is 0 Å². The number of benzene rings is 1. The van der Waals surface area contributed by atoms with Gasteiger partial charge in [-0.3, -0.25) is 4.79 Å². The van der Waals surface area contributed by atoms with Gasteiger partial charge in [-0.15, -0.1) is 0 Å². The average molecular weight is 185 g/mol. The van der Waals surface area contributed by atoms with Crippen molar-refractivity contribution in [2.24, 2.45) is 0 Å². The molecule has 0 spiro atoms. The van der Waals surface area contributed by atoms with E-state index < -0.39 is 6.43 Å². The first-order valence-electron chi connectivity index (χ1n) is 3.75. The Hall–Kier alpha value is -1.45. The zero-order chi connectivity index (χ0) is 9.84. The van der Waals surface area contributed by atoms with Crippen LogP contribution in [0.3, 0.4) is 0 Å². The fraction of sp³-hybridized carbons (Fsp3) is 0.222. The van der Waals surface area contributed by atoms with E-state index in [0.717, 1.165) is 0 Å². The molecule has 0 radical (unpaired) electrons. The van der Waals surface area contributed by atoms with Gasteiger partial charge in [0.25, 0.3) is 6.43 Å². The molecule has 4 heteroatoms. The van der Waals surface area contributed by atoms with Gasteiger partial charge in [-0.1, -0.05) is 12.1 Å². The van der Waals surface area contributed by atoms with E-state index in [0.29, 0.717) is 5.69 Å². The lowest BCUT2D eigenvalue weighted by Crippen LogP contribution is -2.05. The van der Waals surface area contributed by atoms with Crippen LogP contribution in [0.15, 0.2) is 24.3 Å². The van der Waals surface area contributed by atoms with Gasteiger partial charge < -0.3 is 5.32 Å². The molecule has 0 aliphatic rings. The van der Waals surface area contributed by atoms with E-state index in [1.54, 1.807) is 0 Å². The van der Waals surface area contributed by atoms with Crippen molar-refractivity contribution in [3.63, 3.8) is 0 Å². The average Bonchev–Trinajstić information content (AvgIpc) is 2.04. The minimum atomic E-state index is -2.47. The molecule has 0 saturated carbocycles. The van der Waals surface area contributed by atoms with E-state index in [1.807, 2.05) is 0 Å². The highest BCUT2D eigenvalue weighted by Gasteiger charge is 2.05. The van der Waals surface area contributed by atoms with Gasteiger partial charge in [0, 0.05) is 18.2 Å². The third-order valence-corrected chi connectivity index (χ3v) is 1.48. The number of rotatable bonds is 2. The second-order valence-electron chi connectivity index (χ2n) is 2.60. The molecular formula is C9H9F2NO. The van der Waals surface area contributed by atoms with Crippen molar-refractivity contribution >= 4 is 11.6 Å². The van der Waals surface area contributed by atoms with Crippen molar-refractivity contribution in [1.29, 1.82) is 0 Å². The molecule has 1 rings (SSSR count). The molecule has 1 aromatic rings. The highest BCUT2D eigenvalue weighted by molar-refractivity contribution is 5.88. The Morgan fingerprint density at radius 1 is 1.31 bits per heavy atom. The maximum atomic E-state index is 12.1. The molecule has 0 fully saturated rings. The number of anilines is 1. The molecular weight excluding hydrogens is 176 g/mol. The van der Waals surface area contributed by atoms with Crippen molar-refractivity contribution < 1.29 is 13.6 Å². The zero-order valence-corrected chi connectivity index (χ0v) is 7.05. The van der Waals surface area contributed by atoms with Crippen molar-refractivity contribution in [2.45, 2.75) is 13.3 Å². The van der Waals surface area contributed by atoms with Crippen molar-refractivity contribution in [3.05, 3.63) is 29.8 Å². The monoisotopic (exact) mass is 185 g/mol. The molecule has 0 aliphatic heterocycles. The fourth-order valence-corrected chi connectivity index (χ4v) is 0.915. The Morgan fingerprint density at radius 2 is 1.85 bits per heavy atom. The van der Waals surface area contributed by atoms with E-state index in [-0.39, 0.29) is 11.5 Å². The lowest BCUT2D eigenvalue weighted by molar-refractivity contribution is -0.114. The third-order valence-electron chi connectivity index (χ3n) is 1.48. The second-order valence-corrected chi connectivity index (χ2v) is 2.60. The summed E-state index contributed by atoms with van der Waals surface area (Å²) in [5.41, 5.74) is 0.478. The van der Waals surface area contributed by atoms with Gasteiger partial charge in [0.15, 0.2) is 0 Å². The smallest absolute Gasteiger partial charge is 0.263 e. The summed E-state index contributed by atoms with van der Waals surface area (Å²) in [6.45, 7) is 1.36. The van der Waals surface area contributed by atoms with Crippen molar-refractivity contribution in [3.8, 4) is 0 Å². The number of halogens is 2.